The van der Waals surface area contributed by atoms with Crippen molar-refractivity contribution < 1.29 is 9.90 Å². The van der Waals surface area contributed by atoms with E-state index in [1.807, 2.05) is 12.1 Å². The first kappa shape index (κ1) is 12.8. The Kier molecular flexibility index (Phi) is 3.47. The van der Waals surface area contributed by atoms with E-state index in [1.165, 1.54) is 12.8 Å². The van der Waals surface area contributed by atoms with Crippen LogP contribution in [-0.4, -0.2) is 39.3 Å². The van der Waals surface area contributed by atoms with Crippen LogP contribution in [0.1, 0.15) is 34.9 Å². The van der Waals surface area contributed by atoms with Gasteiger partial charge in [0, 0.05) is 23.6 Å². The van der Waals surface area contributed by atoms with Gasteiger partial charge >= 0.3 is 0 Å². The number of aliphatic hydroxyl groups is 1. The number of benzene rings is 1. The number of amides is 1. The van der Waals surface area contributed by atoms with Gasteiger partial charge in [-0.2, -0.15) is 5.10 Å². The van der Waals surface area contributed by atoms with Crippen LogP contribution in [0.4, 0.5) is 0 Å². The van der Waals surface area contributed by atoms with Gasteiger partial charge in [0.25, 0.3) is 5.91 Å². The molecule has 0 atom stereocenters. The number of nitrogens with one attached hydrogen (secondary N) is 2. The molecule has 1 saturated carbocycles. The van der Waals surface area contributed by atoms with Crippen molar-refractivity contribution >= 4 is 5.91 Å². The number of hydrogen-bond donors (Lipinski definition) is 3. The van der Waals surface area contributed by atoms with Crippen molar-refractivity contribution in [3.05, 3.63) is 35.7 Å². The maximum absolute atomic E-state index is 11.7. The van der Waals surface area contributed by atoms with Crippen LogP contribution in [0.2, 0.25) is 0 Å². The predicted octanol–water partition coefficient (Wildman–Crippen LogP) is 1.07. The Bertz CT molecular complexity index is 602. The van der Waals surface area contributed by atoms with Crippen molar-refractivity contribution in [3.63, 3.8) is 0 Å². The van der Waals surface area contributed by atoms with E-state index in [2.05, 4.69) is 20.5 Å². The molecule has 1 fully saturated rings. The number of hydrogen-bond acceptors (Lipinski definition) is 4. The first-order valence-corrected chi connectivity index (χ1v) is 6.69. The molecule has 3 rings (SSSR count). The molecule has 0 radical (unpaired) electrons. The third-order valence-electron chi connectivity index (χ3n) is 3.27. The zero-order valence-corrected chi connectivity index (χ0v) is 11.0. The smallest absolute Gasteiger partial charge is 0.251 e. The second kappa shape index (κ2) is 5.42. The molecule has 2 aromatic rings. The molecule has 1 heterocycles. The predicted molar refractivity (Wildman–Crippen MR) is 73.2 cm³/mol. The van der Waals surface area contributed by atoms with Crippen molar-refractivity contribution in [2.24, 2.45) is 0 Å². The zero-order chi connectivity index (χ0) is 13.9. The summed E-state index contributed by atoms with van der Waals surface area (Å²) in [6.45, 7) is 0.192. The Morgan fingerprint density at radius 1 is 1.35 bits per heavy atom. The topological polar surface area (TPSA) is 90.9 Å². The van der Waals surface area contributed by atoms with E-state index in [9.17, 15) is 4.79 Å². The van der Waals surface area contributed by atoms with E-state index in [0.29, 0.717) is 17.3 Å². The molecule has 1 aliphatic carbocycles. The Morgan fingerprint density at radius 2 is 2.10 bits per heavy atom. The number of carbonyl (C=O) groups excluding carboxylic acids is 1. The number of aromatic amines is 1. The van der Waals surface area contributed by atoms with Crippen molar-refractivity contribution in [1.29, 1.82) is 0 Å². The van der Waals surface area contributed by atoms with Gasteiger partial charge < -0.3 is 10.4 Å². The standard InChI is InChI=1S/C14H16N4O2/c19-8-7-15-14(20)11-5-3-10(4-6-11)13-16-12(17-18-13)9-1-2-9/h3-6,9,19H,1-2,7-8H2,(H,15,20)(H,16,17,18). The van der Waals surface area contributed by atoms with Gasteiger partial charge in [0.2, 0.25) is 0 Å². The molecule has 0 saturated heterocycles. The third-order valence-corrected chi connectivity index (χ3v) is 3.27. The lowest BCUT2D eigenvalue weighted by Crippen LogP contribution is -2.26. The highest BCUT2D eigenvalue weighted by Crippen LogP contribution is 2.38. The quantitative estimate of drug-likeness (QED) is 0.759. The van der Waals surface area contributed by atoms with E-state index in [1.54, 1.807) is 12.1 Å². The summed E-state index contributed by atoms with van der Waals surface area (Å²) in [5.41, 5.74) is 1.44. The van der Waals surface area contributed by atoms with Gasteiger partial charge in [-0.05, 0) is 25.0 Å². The molecular weight excluding hydrogens is 256 g/mol. The molecular formula is C14H16N4O2. The van der Waals surface area contributed by atoms with E-state index < -0.39 is 0 Å². The highest BCUT2D eigenvalue weighted by molar-refractivity contribution is 5.94. The van der Waals surface area contributed by atoms with Crippen LogP contribution in [0.15, 0.2) is 24.3 Å². The number of H-pyrrole nitrogens is 1. The first-order chi connectivity index (χ1) is 9.78. The second-order valence-corrected chi connectivity index (χ2v) is 4.88. The van der Waals surface area contributed by atoms with E-state index in [0.717, 1.165) is 11.4 Å². The van der Waals surface area contributed by atoms with Crippen molar-refractivity contribution in [1.82, 2.24) is 20.5 Å². The van der Waals surface area contributed by atoms with Crippen molar-refractivity contribution in [2.75, 3.05) is 13.2 Å². The lowest BCUT2D eigenvalue weighted by Gasteiger charge is -2.03. The lowest BCUT2D eigenvalue weighted by atomic mass is 10.1. The summed E-state index contributed by atoms with van der Waals surface area (Å²) in [5.74, 6) is 1.96. The Hall–Kier alpha value is -2.21. The molecule has 0 spiro atoms. The minimum atomic E-state index is -0.195. The monoisotopic (exact) mass is 272 g/mol. The molecule has 6 nitrogen and oxygen atoms in total. The normalized spacial score (nSPS) is 14.2. The molecule has 6 heteroatoms. The summed E-state index contributed by atoms with van der Waals surface area (Å²) in [6.07, 6.45) is 2.36. The molecule has 0 unspecified atom stereocenters. The van der Waals surface area contributed by atoms with Gasteiger partial charge in [-0.15, -0.1) is 0 Å². The Labute approximate surface area is 116 Å². The molecule has 20 heavy (non-hydrogen) atoms. The number of aromatic nitrogens is 3. The van der Waals surface area contributed by atoms with E-state index in [-0.39, 0.29) is 19.1 Å². The van der Waals surface area contributed by atoms with Gasteiger partial charge in [-0.3, -0.25) is 9.89 Å². The molecule has 1 aliphatic rings. The van der Waals surface area contributed by atoms with Crippen LogP contribution in [-0.2, 0) is 0 Å². The van der Waals surface area contributed by atoms with Crippen LogP contribution in [0, 0.1) is 0 Å². The fraction of sp³-hybridized carbons (Fsp3) is 0.357. The highest BCUT2D eigenvalue weighted by atomic mass is 16.3. The Morgan fingerprint density at radius 3 is 2.75 bits per heavy atom. The summed E-state index contributed by atoms with van der Waals surface area (Å²) in [4.78, 5) is 16.2. The largest absolute Gasteiger partial charge is 0.395 e. The minimum Gasteiger partial charge on any atom is -0.395 e. The van der Waals surface area contributed by atoms with Crippen molar-refractivity contribution in [3.8, 4) is 11.4 Å². The van der Waals surface area contributed by atoms with E-state index in [4.69, 9.17) is 5.11 Å². The summed E-state index contributed by atoms with van der Waals surface area (Å²) in [6, 6.07) is 7.12. The Balaban J connectivity index is 1.72. The van der Waals surface area contributed by atoms with Crippen molar-refractivity contribution in [2.45, 2.75) is 18.8 Å². The van der Waals surface area contributed by atoms with Crippen LogP contribution in [0.25, 0.3) is 11.4 Å². The first-order valence-electron chi connectivity index (χ1n) is 6.69. The number of carbonyl (C=O) groups is 1. The molecule has 0 aliphatic heterocycles. The van der Waals surface area contributed by atoms with E-state index >= 15 is 0 Å². The highest BCUT2D eigenvalue weighted by Gasteiger charge is 2.27. The lowest BCUT2D eigenvalue weighted by molar-refractivity contribution is 0.0945. The van der Waals surface area contributed by atoms with Gasteiger partial charge in [-0.1, -0.05) is 12.1 Å². The van der Waals surface area contributed by atoms with Crippen LogP contribution >= 0.6 is 0 Å². The molecule has 1 amide bonds. The van der Waals surface area contributed by atoms with Gasteiger partial charge in [0.1, 0.15) is 5.82 Å². The summed E-state index contributed by atoms with van der Waals surface area (Å²) < 4.78 is 0. The van der Waals surface area contributed by atoms with Gasteiger partial charge in [0.15, 0.2) is 5.82 Å². The van der Waals surface area contributed by atoms with Crippen LogP contribution in [0.3, 0.4) is 0 Å². The average molecular weight is 272 g/mol. The van der Waals surface area contributed by atoms with Gasteiger partial charge in [0.05, 0.1) is 6.61 Å². The van der Waals surface area contributed by atoms with Gasteiger partial charge in [-0.25, -0.2) is 4.98 Å². The maximum atomic E-state index is 11.7. The molecule has 0 bridgehead atoms. The summed E-state index contributed by atoms with van der Waals surface area (Å²) in [7, 11) is 0. The number of rotatable bonds is 5. The van der Waals surface area contributed by atoms with Crippen LogP contribution in [0.5, 0.6) is 0 Å². The maximum Gasteiger partial charge on any atom is 0.251 e. The summed E-state index contributed by atoms with van der Waals surface area (Å²) >= 11 is 0. The molecule has 1 aromatic carbocycles. The number of aliphatic hydroxyl groups excluding tert-OH is 1. The van der Waals surface area contributed by atoms with Crippen LogP contribution < -0.4 is 5.32 Å². The molecule has 1 aromatic heterocycles. The fourth-order valence-electron chi connectivity index (χ4n) is 1.98. The number of nitrogens with zero attached hydrogens (tertiary/aromatic N) is 2. The molecule has 104 valence electrons. The molecule has 3 N–H and O–H groups in total. The SMILES string of the molecule is O=C(NCCO)c1ccc(-c2n[nH]c(C3CC3)n2)cc1. The minimum absolute atomic E-state index is 0.0645. The third kappa shape index (κ3) is 2.70. The fourth-order valence-corrected chi connectivity index (χ4v) is 1.98. The average Bonchev–Trinajstić information content (AvgIpc) is 3.22. The second-order valence-electron chi connectivity index (χ2n) is 4.88. The zero-order valence-electron chi connectivity index (χ0n) is 11.0. The summed E-state index contributed by atoms with van der Waals surface area (Å²) in [5, 5.41) is 18.4.